The van der Waals surface area contributed by atoms with Gasteiger partial charge in [0.15, 0.2) is 0 Å². The molecule has 0 aromatic heterocycles. The van der Waals surface area contributed by atoms with Gasteiger partial charge in [0.1, 0.15) is 28.8 Å². The van der Waals surface area contributed by atoms with E-state index < -0.39 is 11.5 Å². The van der Waals surface area contributed by atoms with Crippen molar-refractivity contribution in [2.24, 2.45) is 11.7 Å². The molecule has 3 amide bonds. The second-order valence-corrected chi connectivity index (χ2v) is 9.77. The summed E-state index contributed by atoms with van der Waals surface area (Å²) in [5.41, 5.74) is 5.34. The van der Waals surface area contributed by atoms with E-state index in [-0.39, 0.29) is 17.8 Å². The van der Waals surface area contributed by atoms with Crippen LogP contribution in [0.3, 0.4) is 0 Å². The predicted octanol–water partition coefficient (Wildman–Crippen LogP) is 6.30. The number of carbonyl (C=O) groups is 2. The second-order valence-electron chi connectivity index (χ2n) is 9.77. The van der Waals surface area contributed by atoms with Gasteiger partial charge in [0.2, 0.25) is 5.91 Å². The highest BCUT2D eigenvalue weighted by Crippen LogP contribution is 2.35. The minimum atomic E-state index is -0.756. The molecule has 0 unspecified atom stereocenters. The Balaban J connectivity index is 1.52. The minimum Gasteiger partial charge on any atom is -0.457 e. The summed E-state index contributed by atoms with van der Waals surface area (Å²) in [6.07, 6.45) is 2.84. The monoisotopic (exact) mass is 535 g/mol. The Morgan fingerprint density at radius 3 is 1.92 bits per heavy atom. The molecule has 1 heterocycles. The molecule has 8 nitrogen and oxygen atoms in total. The number of anilines is 1. The van der Waals surface area contributed by atoms with Crippen molar-refractivity contribution in [1.82, 2.24) is 4.90 Å². The Morgan fingerprint density at radius 2 is 1.44 bits per heavy atom. The second kappa shape index (κ2) is 12.2. The first kappa shape index (κ1) is 27.9. The van der Waals surface area contributed by atoms with Crippen LogP contribution in [0.1, 0.15) is 49.9 Å². The molecule has 0 aliphatic carbocycles. The Kier molecular flexibility index (Phi) is 8.71. The number of aliphatic hydroxyl groups is 1. The molecule has 9 heteroatoms. The van der Waals surface area contributed by atoms with Crippen molar-refractivity contribution in [2.45, 2.75) is 45.1 Å². The molecular formula is C30H34FN3O5. The number of urea groups is 1. The molecular weight excluding hydrogens is 501 g/mol. The van der Waals surface area contributed by atoms with Crippen molar-refractivity contribution >= 4 is 17.6 Å². The van der Waals surface area contributed by atoms with E-state index >= 15 is 0 Å². The number of nitrogens with two attached hydrogens (primary N) is 1. The number of rotatable bonds is 9. The molecule has 0 atom stereocenters. The number of nitrogens with one attached hydrogen (secondary N) is 1. The molecule has 4 N–H and O–H groups in total. The van der Waals surface area contributed by atoms with Crippen molar-refractivity contribution < 1.29 is 28.6 Å². The maximum atomic E-state index is 13.4. The van der Waals surface area contributed by atoms with Gasteiger partial charge >= 0.3 is 6.03 Å². The molecule has 3 aromatic rings. The molecule has 1 fully saturated rings. The van der Waals surface area contributed by atoms with Crippen LogP contribution >= 0.6 is 0 Å². The fourth-order valence-corrected chi connectivity index (χ4v) is 4.98. The molecule has 0 radical (unpaired) electrons. The molecule has 4 rings (SSSR count). The topological polar surface area (TPSA) is 114 Å². The van der Waals surface area contributed by atoms with E-state index in [0.717, 1.165) is 12.8 Å². The first-order valence-corrected chi connectivity index (χ1v) is 13.1. The SMILES string of the molecule is CCC(CC)C1(O)CCN(C(=O)Nc2cc(Oc3ccc(F)cc3)cc(Oc3ccc(C(N)=O)cc3)c2)CC1. The highest BCUT2D eigenvalue weighted by molar-refractivity contribution is 5.93. The van der Waals surface area contributed by atoms with E-state index in [0.29, 0.717) is 60.2 Å². The lowest BCUT2D eigenvalue weighted by atomic mass is 9.77. The van der Waals surface area contributed by atoms with E-state index in [1.807, 2.05) is 0 Å². The van der Waals surface area contributed by atoms with Crippen LogP contribution in [0.15, 0.2) is 66.7 Å². The van der Waals surface area contributed by atoms with Gasteiger partial charge in [-0.2, -0.15) is 0 Å². The third kappa shape index (κ3) is 7.06. The van der Waals surface area contributed by atoms with Crippen LogP contribution in [-0.4, -0.2) is 40.6 Å². The third-order valence-corrected chi connectivity index (χ3v) is 7.22. The van der Waals surface area contributed by atoms with E-state index in [1.54, 1.807) is 47.4 Å². The van der Waals surface area contributed by atoms with Gasteiger partial charge in [-0.15, -0.1) is 0 Å². The largest absolute Gasteiger partial charge is 0.457 e. The Hall–Kier alpha value is -4.11. The number of piperidine rings is 1. The zero-order valence-corrected chi connectivity index (χ0v) is 22.2. The number of hydrogen-bond acceptors (Lipinski definition) is 5. The Labute approximate surface area is 227 Å². The van der Waals surface area contributed by atoms with Crippen LogP contribution in [0.25, 0.3) is 0 Å². The van der Waals surface area contributed by atoms with E-state index in [4.69, 9.17) is 15.2 Å². The number of halogens is 1. The highest BCUT2D eigenvalue weighted by atomic mass is 19.1. The predicted molar refractivity (Wildman–Crippen MR) is 147 cm³/mol. The maximum Gasteiger partial charge on any atom is 0.321 e. The zero-order chi connectivity index (χ0) is 28.0. The standard InChI is InChI=1S/C30H34FN3O5/c1-3-21(4-2)30(37)13-15-34(16-14-30)29(36)33-23-17-26(38-24-9-5-20(6-10-24)28(32)35)19-27(18-23)39-25-11-7-22(31)8-12-25/h5-12,17-19,21,37H,3-4,13-16H2,1-2H3,(H2,32,35)(H,33,36). The van der Waals surface area contributed by atoms with Crippen molar-refractivity contribution in [3.8, 4) is 23.0 Å². The number of amides is 3. The Bertz CT molecular complexity index is 1280. The number of ether oxygens (including phenoxy) is 2. The van der Waals surface area contributed by atoms with Crippen LogP contribution in [0.4, 0.5) is 14.9 Å². The van der Waals surface area contributed by atoms with E-state index in [2.05, 4.69) is 19.2 Å². The van der Waals surface area contributed by atoms with Gasteiger partial charge in [-0.05, 0) is 67.3 Å². The molecule has 206 valence electrons. The zero-order valence-electron chi connectivity index (χ0n) is 22.2. The smallest absolute Gasteiger partial charge is 0.321 e. The quantitative estimate of drug-likeness (QED) is 0.297. The van der Waals surface area contributed by atoms with E-state index in [9.17, 15) is 19.1 Å². The summed E-state index contributed by atoms with van der Waals surface area (Å²) in [6, 6.07) is 16.6. The van der Waals surface area contributed by atoms with Crippen LogP contribution in [0, 0.1) is 11.7 Å². The van der Waals surface area contributed by atoms with Gasteiger partial charge in [0, 0.05) is 42.5 Å². The van der Waals surface area contributed by atoms with Crippen molar-refractivity contribution in [2.75, 3.05) is 18.4 Å². The average Bonchev–Trinajstić information content (AvgIpc) is 2.91. The summed E-state index contributed by atoms with van der Waals surface area (Å²) in [4.78, 5) is 26.2. The van der Waals surface area contributed by atoms with Crippen molar-refractivity contribution in [3.05, 3.63) is 78.1 Å². The van der Waals surface area contributed by atoms with Crippen LogP contribution < -0.4 is 20.5 Å². The maximum absolute atomic E-state index is 13.4. The van der Waals surface area contributed by atoms with Gasteiger partial charge in [-0.25, -0.2) is 9.18 Å². The normalized spacial score (nSPS) is 14.6. The molecule has 1 saturated heterocycles. The number of carbonyl (C=O) groups excluding carboxylic acids is 2. The van der Waals surface area contributed by atoms with Gasteiger partial charge in [-0.3, -0.25) is 4.79 Å². The lowest BCUT2D eigenvalue weighted by Crippen LogP contribution is -2.51. The molecule has 0 bridgehead atoms. The van der Waals surface area contributed by atoms with Crippen LogP contribution in [0.5, 0.6) is 23.0 Å². The number of hydrogen-bond donors (Lipinski definition) is 3. The summed E-state index contributed by atoms with van der Waals surface area (Å²) in [7, 11) is 0. The summed E-state index contributed by atoms with van der Waals surface area (Å²) in [5, 5.41) is 14.0. The Morgan fingerprint density at radius 1 is 0.923 bits per heavy atom. The fourth-order valence-electron chi connectivity index (χ4n) is 4.98. The number of likely N-dealkylation sites (tertiary alicyclic amines) is 1. The molecule has 3 aromatic carbocycles. The number of benzene rings is 3. The minimum absolute atomic E-state index is 0.208. The molecule has 1 aliphatic rings. The van der Waals surface area contributed by atoms with Crippen LogP contribution in [0.2, 0.25) is 0 Å². The lowest BCUT2D eigenvalue weighted by Gasteiger charge is -2.42. The van der Waals surface area contributed by atoms with Crippen molar-refractivity contribution in [3.63, 3.8) is 0 Å². The lowest BCUT2D eigenvalue weighted by molar-refractivity contribution is -0.0619. The van der Waals surface area contributed by atoms with Gasteiger partial charge in [-0.1, -0.05) is 26.7 Å². The fraction of sp³-hybridized carbons (Fsp3) is 0.333. The number of primary amides is 1. The first-order chi connectivity index (χ1) is 18.7. The third-order valence-electron chi connectivity index (χ3n) is 7.22. The summed E-state index contributed by atoms with van der Waals surface area (Å²) < 4.78 is 25.2. The molecule has 0 saturated carbocycles. The highest BCUT2D eigenvalue weighted by Gasteiger charge is 2.38. The molecule has 39 heavy (non-hydrogen) atoms. The molecule has 1 aliphatic heterocycles. The van der Waals surface area contributed by atoms with Crippen molar-refractivity contribution in [1.29, 1.82) is 0 Å². The summed E-state index contributed by atoms with van der Waals surface area (Å²) >= 11 is 0. The summed E-state index contributed by atoms with van der Waals surface area (Å²) in [6.45, 7) is 5.05. The first-order valence-electron chi connectivity index (χ1n) is 13.1. The van der Waals surface area contributed by atoms with Gasteiger partial charge in [0.05, 0.1) is 5.60 Å². The van der Waals surface area contributed by atoms with Gasteiger partial charge in [0.25, 0.3) is 0 Å². The van der Waals surface area contributed by atoms with E-state index in [1.165, 1.54) is 24.3 Å². The number of nitrogens with zero attached hydrogens (tertiary/aromatic N) is 1. The summed E-state index contributed by atoms with van der Waals surface area (Å²) in [5.74, 6) is 0.881. The molecule has 0 spiro atoms. The van der Waals surface area contributed by atoms with Crippen LogP contribution in [-0.2, 0) is 0 Å². The average molecular weight is 536 g/mol. The van der Waals surface area contributed by atoms with Gasteiger partial charge < -0.3 is 30.5 Å².